The van der Waals surface area contributed by atoms with Crippen LogP contribution < -0.4 is 0 Å². The van der Waals surface area contributed by atoms with Crippen LogP contribution in [0.1, 0.15) is 19.4 Å². The summed E-state index contributed by atoms with van der Waals surface area (Å²) in [5.41, 5.74) is 1.27. The van der Waals surface area contributed by atoms with Crippen LogP contribution in [-0.2, 0) is 15.9 Å². The molecule has 0 N–H and O–H groups in total. The first-order valence-corrected chi connectivity index (χ1v) is 7.95. The number of hydrogen-bond donors (Lipinski definition) is 0. The van der Waals surface area contributed by atoms with Gasteiger partial charge in [0, 0.05) is 19.6 Å². The van der Waals surface area contributed by atoms with Crippen LogP contribution in [0.5, 0.6) is 0 Å². The highest BCUT2D eigenvalue weighted by Gasteiger charge is 2.11. The van der Waals surface area contributed by atoms with Crippen molar-refractivity contribution in [2.24, 2.45) is 0 Å². The Bertz CT molecular complexity index is 758. The van der Waals surface area contributed by atoms with E-state index in [9.17, 15) is 0 Å². The third-order valence-electron chi connectivity index (χ3n) is 3.93. The lowest BCUT2D eigenvalue weighted by Gasteiger charge is -2.18. The number of benzene rings is 3. The first-order chi connectivity index (χ1) is 10.8. The third-order valence-corrected chi connectivity index (χ3v) is 3.93. The van der Waals surface area contributed by atoms with Crippen LogP contribution in [0.4, 0.5) is 0 Å². The molecule has 0 spiro atoms. The molecule has 0 radical (unpaired) electrons. The van der Waals surface area contributed by atoms with Crippen LogP contribution in [0.3, 0.4) is 0 Å². The molecule has 2 heteroatoms. The summed E-state index contributed by atoms with van der Waals surface area (Å²) in [5, 5.41) is 5.10. The average molecular weight is 294 g/mol. The average Bonchev–Trinajstić information content (AvgIpc) is 2.54. The summed E-state index contributed by atoms with van der Waals surface area (Å²) >= 11 is 0. The molecule has 0 unspecified atom stereocenters. The van der Waals surface area contributed by atoms with Crippen molar-refractivity contribution < 1.29 is 9.47 Å². The number of ether oxygens (including phenoxy) is 2. The summed E-state index contributed by atoms with van der Waals surface area (Å²) in [5.74, 6) is 0. The SMILES string of the molecule is CCOC(Cc1cccc2cc3ccccc3cc12)OCC. The minimum absolute atomic E-state index is 0.174. The van der Waals surface area contributed by atoms with Crippen molar-refractivity contribution in [3.8, 4) is 0 Å². The Kier molecular flexibility index (Phi) is 4.71. The standard InChI is InChI=1S/C20H22O2/c1-3-21-20(22-4-2)14-18-11-7-10-17-12-15-8-5-6-9-16(15)13-19(17)18/h5-13,20H,3-4,14H2,1-2H3. The van der Waals surface area contributed by atoms with Crippen molar-refractivity contribution in [2.75, 3.05) is 13.2 Å². The first-order valence-electron chi connectivity index (χ1n) is 7.95. The van der Waals surface area contributed by atoms with Gasteiger partial charge in [0.15, 0.2) is 6.29 Å². The maximum absolute atomic E-state index is 5.70. The Morgan fingerprint density at radius 2 is 1.41 bits per heavy atom. The van der Waals surface area contributed by atoms with Crippen LogP contribution >= 0.6 is 0 Å². The predicted molar refractivity (Wildman–Crippen MR) is 92.2 cm³/mol. The molecule has 3 aromatic carbocycles. The summed E-state index contributed by atoms with van der Waals surface area (Å²) in [6.07, 6.45) is 0.601. The second-order valence-electron chi connectivity index (χ2n) is 5.38. The van der Waals surface area contributed by atoms with Crippen LogP contribution in [0.15, 0.2) is 54.6 Å². The molecule has 0 aliphatic carbocycles. The van der Waals surface area contributed by atoms with E-state index in [-0.39, 0.29) is 6.29 Å². The van der Waals surface area contributed by atoms with Crippen molar-refractivity contribution in [1.82, 2.24) is 0 Å². The second kappa shape index (κ2) is 6.91. The number of fused-ring (bicyclic) bond motifs is 2. The summed E-state index contributed by atoms with van der Waals surface area (Å²) in [6.45, 7) is 5.34. The normalized spacial score (nSPS) is 11.6. The molecule has 0 saturated carbocycles. The molecule has 3 aromatic rings. The predicted octanol–water partition coefficient (Wildman–Crippen LogP) is 4.93. The van der Waals surface area contributed by atoms with E-state index < -0.39 is 0 Å². The highest BCUT2D eigenvalue weighted by atomic mass is 16.7. The number of hydrogen-bond acceptors (Lipinski definition) is 2. The van der Waals surface area contributed by atoms with E-state index in [2.05, 4.69) is 54.6 Å². The van der Waals surface area contributed by atoms with Gasteiger partial charge in [-0.25, -0.2) is 0 Å². The van der Waals surface area contributed by atoms with Gasteiger partial charge in [-0.15, -0.1) is 0 Å². The molecule has 2 nitrogen and oxygen atoms in total. The minimum Gasteiger partial charge on any atom is -0.353 e. The molecule has 0 bridgehead atoms. The van der Waals surface area contributed by atoms with E-state index in [1.165, 1.54) is 27.1 Å². The van der Waals surface area contributed by atoms with Gasteiger partial charge in [0.1, 0.15) is 0 Å². The first kappa shape index (κ1) is 15.0. The number of rotatable bonds is 6. The molecule has 114 valence electrons. The topological polar surface area (TPSA) is 18.5 Å². The maximum atomic E-state index is 5.70. The zero-order valence-electron chi connectivity index (χ0n) is 13.2. The molecule has 0 atom stereocenters. The summed E-state index contributed by atoms with van der Waals surface area (Å²) in [7, 11) is 0. The Morgan fingerprint density at radius 3 is 2.09 bits per heavy atom. The summed E-state index contributed by atoms with van der Waals surface area (Å²) in [4.78, 5) is 0. The Hall–Kier alpha value is -1.90. The molecule has 0 saturated heterocycles. The van der Waals surface area contributed by atoms with Gasteiger partial charge in [-0.3, -0.25) is 0 Å². The zero-order valence-corrected chi connectivity index (χ0v) is 13.2. The van der Waals surface area contributed by atoms with E-state index in [0.717, 1.165) is 6.42 Å². The lowest BCUT2D eigenvalue weighted by molar-refractivity contribution is -0.134. The Labute approximate surface area is 131 Å². The van der Waals surface area contributed by atoms with Gasteiger partial charge < -0.3 is 9.47 Å². The van der Waals surface area contributed by atoms with Crippen LogP contribution in [0.25, 0.3) is 21.5 Å². The molecular formula is C20H22O2. The largest absolute Gasteiger partial charge is 0.353 e. The fourth-order valence-electron chi connectivity index (χ4n) is 2.93. The minimum atomic E-state index is -0.174. The van der Waals surface area contributed by atoms with Gasteiger partial charge in [-0.2, -0.15) is 0 Å². The van der Waals surface area contributed by atoms with Crippen molar-refractivity contribution in [3.05, 3.63) is 60.2 Å². The highest BCUT2D eigenvalue weighted by molar-refractivity contribution is 5.99. The molecular weight excluding hydrogens is 272 g/mol. The van der Waals surface area contributed by atoms with Crippen LogP contribution in [0, 0.1) is 0 Å². The molecule has 0 fully saturated rings. The molecule has 3 rings (SSSR count). The molecule has 0 amide bonds. The quantitative estimate of drug-likeness (QED) is 0.474. The van der Waals surface area contributed by atoms with Gasteiger partial charge in [-0.05, 0) is 53.1 Å². The molecule has 0 aliphatic heterocycles. The molecule has 0 aromatic heterocycles. The van der Waals surface area contributed by atoms with Gasteiger partial charge in [0.25, 0.3) is 0 Å². The Morgan fingerprint density at radius 1 is 0.773 bits per heavy atom. The second-order valence-corrected chi connectivity index (χ2v) is 5.38. The lowest BCUT2D eigenvalue weighted by atomic mass is 9.98. The summed E-state index contributed by atoms with van der Waals surface area (Å²) < 4.78 is 11.4. The van der Waals surface area contributed by atoms with E-state index in [1.54, 1.807) is 0 Å². The van der Waals surface area contributed by atoms with Gasteiger partial charge >= 0.3 is 0 Å². The van der Waals surface area contributed by atoms with E-state index >= 15 is 0 Å². The van der Waals surface area contributed by atoms with Gasteiger partial charge in [0.05, 0.1) is 0 Å². The zero-order chi connectivity index (χ0) is 15.4. The van der Waals surface area contributed by atoms with Crippen molar-refractivity contribution in [2.45, 2.75) is 26.6 Å². The molecule has 22 heavy (non-hydrogen) atoms. The van der Waals surface area contributed by atoms with E-state index in [4.69, 9.17) is 9.47 Å². The fourth-order valence-corrected chi connectivity index (χ4v) is 2.93. The highest BCUT2D eigenvalue weighted by Crippen LogP contribution is 2.26. The van der Waals surface area contributed by atoms with Gasteiger partial charge in [-0.1, -0.05) is 42.5 Å². The van der Waals surface area contributed by atoms with Crippen molar-refractivity contribution in [3.63, 3.8) is 0 Å². The van der Waals surface area contributed by atoms with E-state index in [0.29, 0.717) is 13.2 Å². The van der Waals surface area contributed by atoms with Crippen molar-refractivity contribution in [1.29, 1.82) is 0 Å². The lowest BCUT2D eigenvalue weighted by Crippen LogP contribution is -2.20. The van der Waals surface area contributed by atoms with Crippen LogP contribution in [0.2, 0.25) is 0 Å². The fraction of sp³-hybridized carbons (Fsp3) is 0.300. The molecule has 0 heterocycles. The summed E-state index contributed by atoms with van der Waals surface area (Å²) in [6, 6.07) is 19.5. The Balaban J connectivity index is 2.03. The smallest absolute Gasteiger partial charge is 0.161 e. The van der Waals surface area contributed by atoms with Crippen LogP contribution in [-0.4, -0.2) is 19.5 Å². The van der Waals surface area contributed by atoms with E-state index in [1.807, 2.05) is 13.8 Å². The van der Waals surface area contributed by atoms with Gasteiger partial charge in [0.2, 0.25) is 0 Å². The molecule has 0 aliphatic rings. The maximum Gasteiger partial charge on any atom is 0.161 e. The third kappa shape index (κ3) is 3.13. The monoisotopic (exact) mass is 294 g/mol. The van der Waals surface area contributed by atoms with Crippen molar-refractivity contribution >= 4 is 21.5 Å².